The molecule has 2 saturated heterocycles. The summed E-state index contributed by atoms with van der Waals surface area (Å²) in [5.74, 6) is 0.874. The molecule has 2 aliphatic heterocycles. The number of aromatic amines is 1. The summed E-state index contributed by atoms with van der Waals surface area (Å²) < 4.78 is 5.44. The van der Waals surface area contributed by atoms with Crippen LogP contribution in [0.4, 0.5) is 4.79 Å². The molecular formula is C30H37N5O3. The third-order valence-corrected chi connectivity index (χ3v) is 8.25. The van der Waals surface area contributed by atoms with Crippen molar-refractivity contribution in [3.63, 3.8) is 0 Å². The lowest BCUT2D eigenvalue weighted by Gasteiger charge is -2.43. The number of urea groups is 1. The molecule has 0 saturated carbocycles. The summed E-state index contributed by atoms with van der Waals surface area (Å²) in [5.41, 5.74) is 5.27. The largest absolute Gasteiger partial charge is 0.497 e. The number of allylic oxidation sites excluding steroid dienone is 5. The van der Waals surface area contributed by atoms with Crippen molar-refractivity contribution < 1.29 is 14.3 Å². The summed E-state index contributed by atoms with van der Waals surface area (Å²) in [5, 5.41) is 7.08. The van der Waals surface area contributed by atoms with Crippen LogP contribution in [0.2, 0.25) is 0 Å². The molecule has 3 amide bonds. The van der Waals surface area contributed by atoms with Gasteiger partial charge in [-0.1, -0.05) is 36.8 Å². The fourth-order valence-corrected chi connectivity index (χ4v) is 6.00. The standard InChI is InChI=1S/C30H37N5O3/c1-4-24-8-6-9-26(11-12-28(24)25-18-31-32-19-25)34-21-30(13-15-33(16-14-30)22(2)36)35(29(34)37)20-23-7-5-10-27(17-23)38-3/h5,7,9-12,17-19H,4,6,8,13-16,20-21H2,1-3H3,(H,31,32)/b12-11-,26-9+,28-24+. The highest BCUT2D eigenvalue weighted by molar-refractivity contribution is 5.82. The molecule has 3 aliphatic rings. The van der Waals surface area contributed by atoms with Crippen molar-refractivity contribution >= 4 is 17.5 Å². The summed E-state index contributed by atoms with van der Waals surface area (Å²) >= 11 is 0. The lowest BCUT2D eigenvalue weighted by molar-refractivity contribution is -0.131. The molecule has 8 heteroatoms. The average Bonchev–Trinajstić information content (AvgIpc) is 3.53. The van der Waals surface area contributed by atoms with E-state index < -0.39 is 0 Å². The van der Waals surface area contributed by atoms with Crippen LogP contribution in [0, 0.1) is 0 Å². The number of H-pyrrole nitrogens is 1. The number of ether oxygens (including phenoxy) is 1. The Kier molecular flexibility index (Phi) is 7.40. The molecule has 2 aromatic rings. The van der Waals surface area contributed by atoms with E-state index in [2.05, 4.69) is 35.3 Å². The molecule has 0 radical (unpaired) electrons. The number of rotatable bonds is 6. The molecule has 5 rings (SSSR count). The molecule has 8 nitrogen and oxygen atoms in total. The van der Waals surface area contributed by atoms with Crippen LogP contribution in [0.15, 0.2) is 66.2 Å². The summed E-state index contributed by atoms with van der Waals surface area (Å²) in [4.78, 5) is 32.1. The SMILES string of the molecule is CC/C1=C(c2cn[nH]c2)/C=C\C(N2CC3(CCN(C(C)=O)CC3)N(Cc3cccc(OC)c3)C2=O)=C/CC1. The van der Waals surface area contributed by atoms with E-state index in [4.69, 9.17) is 4.74 Å². The van der Waals surface area contributed by atoms with E-state index >= 15 is 0 Å². The molecule has 1 aliphatic carbocycles. The first kappa shape index (κ1) is 25.8. The molecule has 0 atom stereocenters. The van der Waals surface area contributed by atoms with Crippen molar-refractivity contribution in [1.29, 1.82) is 0 Å². The predicted octanol–water partition coefficient (Wildman–Crippen LogP) is 5.13. The second-order valence-electron chi connectivity index (χ2n) is 10.4. The molecule has 38 heavy (non-hydrogen) atoms. The van der Waals surface area contributed by atoms with Gasteiger partial charge in [-0.15, -0.1) is 0 Å². The summed E-state index contributed by atoms with van der Waals surface area (Å²) in [6.07, 6.45) is 14.5. The van der Waals surface area contributed by atoms with Crippen molar-refractivity contribution in [3.8, 4) is 5.75 Å². The van der Waals surface area contributed by atoms with Crippen molar-refractivity contribution in [2.45, 2.75) is 58.0 Å². The molecule has 1 aromatic heterocycles. The number of hydrogen-bond donors (Lipinski definition) is 1. The normalized spacial score (nSPS) is 23.7. The number of nitrogens with one attached hydrogen (secondary N) is 1. The molecule has 2 fully saturated rings. The van der Waals surface area contributed by atoms with E-state index in [-0.39, 0.29) is 17.5 Å². The number of carbonyl (C=O) groups is 2. The van der Waals surface area contributed by atoms with Gasteiger partial charge in [0.25, 0.3) is 0 Å². The Bertz CT molecular complexity index is 1270. The zero-order valence-corrected chi connectivity index (χ0v) is 22.6. The number of methoxy groups -OCH3 is 1. The maximum absolute atomic E-state index is 14.1. The summed E-state index contributed by atoms with van der Waals surface area (Å²) in [6.45, 7) is 6.25. The second kappa shape index (κ2) is 10.9. The van der Waals surface area contributed by atoms with E-state index in [0.717, 1.165) is 54.7 Å². The van der Waals surface area contributed by atoms with Crippen molar-refractivity contribution in [2.75, 3.05) is 26.7 Å². The Morgan fingerprint density at radius 3 is 2.71 bits per heavy atom. The summed E-state index contributed by atoms with van der Waals surface area (Å²) in [6, 6.07) is 7.94. The van der Waals surface area contributed by atoms with Gasteiger partial charge in [0, 0.05) is 44.0 Å². The van der Waals surface area contributed by atoms with Crippen LogP contribution in [0.5, 0.6) is 5.75 Å². The lowest BCUT2D eigenvalue weighted by atomic mass is 9.86. The zero-order chi connectivity index (χ0) is 26.7. The first-order chi connectivity index (χ1) is 18.4. The topological polar surface area (TPSA) is 81.8 Å². The van der Waals surface area contributed by atoms with Crippen LogP contribution in [0.25, 0.3) is 5.57 Å². The number of hydrogen-bond acceptors (Lipinski definition) is 4. The molecule has 0 bridgehead atoms. The first-order valence-electron chi connectivity index (χ1n) is 13.5. The molecular weight excluding hydrogens is 478 g/mol. The maximum atomic E-state index is 14.1. The van der Waals surface area contributed by atoms with Crippen LogP contribution in [-0.4, -0.2) is 69.1 Å². The second-order valence-corrected chi connectivity index (χ2v) is 10.4. The van der Waals surface area contributed by atoms with Gasteiger partial charge in [0.2, 0.25) is 5.91 Å². The minimum atomic E-state index is -0.332. The highest BCUT2D eigenvalue weighted by Gasteiger charge is 2.51. The van der Waals surface area contributed by atoms with E-state index in [9.17, 15) is 9.59 Å². The number of likely N-dealkylation sites (tertiary alicyclic amines) is 1. The van der Waals surface area contributed by atoms with Crippen LogP contribution in [0.3, 0.4) is 0 Å². The van der Waals surface area contributed by atoms with Gasteiger partial charge >= 0.3 is 6.03 Å². The highest BCUT2D eigenvalue weighted by Crippen LogP contribution is 2.40. The minimum Gasteiger partial charge on any atom is -0.497 e. The van der Waals surface area contributed by atoms with Gasteiger partial charge in [-0.2, -0.15) is 5.10 Å². The smallest absolute Gasteiger partial charge is 0.325 e. The van der Waals surface area contributed by atoms with Gasteiger partial charge in [-0.25, -0.2) is 4.79 Å². The van der Waals surface area contributed by atoms with Crippen LogP contribution in [0.1, 0.15) is 57.1 Å². The van der Waals surface area contributed by atoms with Gasteiger partial charge in [0.15, 0.2) is 0 Å². The number of aromatic nitrogens is 2. The summed E-state index contributed by atoms with van der Waals surface area (Å²) in [7, 11) is 1.66. The lowest BCUT2D eigenvalue weighted by Crippen LogP contribution is -2.54. The predicted molar refractivity (Wildman–Crippen MR) is 147 cm³/mol. The third-order valence-electron chi connectivity index (χ3n) is 8.25. The molecule has 1 N–H and O–H groups in total. The minimum absolute atomic E-state index is 0.0186. The van der Waals surface area contributed by atoms with Crippen molar-refractivity contribution in [1.82, 2.24) is 24.9 Å². The molecule has 0 unspecified atom stereocenters. The maximum Gasteiger partial charge on any atom is 0.325 e. The van der Waals surface area contributed by atoms with E-state index in [1.54, 1.807) is 14.0 Å². The Morgan fingerprint density at radius 1 is 1.21 bits per heavy atom. The van der Waals surface area contributed by atoms with Crippen LogP contribution >= 0.6 is 0 Å². The Morgan fingerprint density at radius 2 is 2.03 bits per heavy atom. The Hall–Kier alpha value is -3.81. The van der Waals surface area contributed by atoms with Crippen molar-refractivity contribution in [3.05, 3.63) is 77.3 Å². The highest BCUT2D eigenvalue weighted by atomic mass is 16.5. The number of carbonyl (C=O) groups excluding carboxylic acids is 2. The van der Waals surface area contributed by atoms with Gasteiger partial charge in [0.05, 0.1) is 25.4 Å². The van der Waals surface area contributed by atoms with Gasteiger partial charge in [0.1, 0.15) is 5.75 Å². The quantitative estimate of drug-likeness (QED) is 0.578. The van der Waals surface area contributed by atoms with E-state index in [1.807, 2.05) is 51.4 Å². The first-order valence-corrected chi connectivity index (χ1v) is 13.5. The number of benzene rings is 1. The number of piperidine rings is 1. The molecule has 1 spiro atoms. The third kappa shape index (κ3) is 4.99. The van der Waals surface area contributed by atoms with Crippen LogP contribution < -0.4 is 4.74 Å². The van der Waals surface area contributed by atoms with E-state index in [1.165, 1.54) is 11.1 Å². The zero-order valence-electron chi connectivity index (χ0n) is 22.6. The Balaban J connectivity index is 1.46. The van der Waals surface area contributed by atoms with Gasteiger partial charge < -0.3 is 14.5 Å². The van der Waals surface area contributed by atoms with Crippen LogP contribution in [-0.2, 0) is 11.3 Å². The van der Waals surface area contributed by atoms with Gasteiger partial charge in [-0.05, 0) is 61.4 Å². The number of nitrogens with zero attached hydrogens (tertiary/aromatic N) is 4. The van der Waals surface area contributed by atoms with E-state index in [0.29, 0.717) is 26.2 Å². The molecule has 200 valence electrons. The average molecular weight is 516 g/mol. The Labute approximate surface area is 224 Å². The molecule has 1 aromatic carbocycles. The van der Waals surface area contributed by atoms with Crippen molar-refractivity contribution in [2.24, 2.45) is 0 Å². The fraction of sp³-hybridized carbons (Fsp3) is 0.433. The fourth-order valence-electron chi connectivity index (χ4n) is 6.00. The number of amides is 3. The van der Waals surface area contributed by atoms with Gasteiger partial charge in [-0.3, -0.25) is 14.8 Å². The molecule has 3 heterocycles. The monoisotopic (exact) mass is 515 g/mol.